The van der Waals surface area contributed by atoms with Gasteiger partial charge in [-0.3, -0.25) is 4.79 Å². The standard InChI is InChI=1S/C21H28N4O2/c1-4-22-21(24-15-20(26)25-18-8-6-5-7-9-18)23-13-12-17-11-10-16(2)19(14-17)27-3/h5-11,14H,4,12-13,15H2,1-3H3,(H,25,26)(H2,22,23,24). The van der Waals surface area contributed by atoms with Crippen molar-refractivity contribution in [2.24, 2.45) is 4.99 Å². The summed E-state index contributed by atoms with van der Waals surface area (Å²) in [5.74, 6) is 1.37. The van der Waals surface area contributed by atoms with Crippen LogP contribution in [0.4, 0.5) is 5.69 Å². The third-order valence-electron chi connectivity index (χ3n) is 3.96. The van der Waals surface area contributed by atoms with Gasteiger partial charge in [0.05, 0.1) is 7.11 Å². The van der Waals surface area contributed by atoms with E-state index in [0.29, 0.717) is 12.5 Å². The molecule has 144 valence electrons. The number of benzene rings is 2. The second-order valence-electron chi connectivity index (χ2n) is 6.09. The molecule has 0 fully saturated rings. The van der Waals surface area contributed by atoms with Crippen LogP contribution in [0.2, 0.25) is 0 Å². The molecule has 0 radical (unpaired) electrons. The number of para-hydroxylation sites is 1. The zero-order chi connectivity index (χ0) is 19.5. The van der Waals surface area contributed by atoms with Crippen LogP contribution in [0.25, 0.3) is 0 Å². The van der Waals surface area contributed by atoms with Gasteiger partial charge in [0.1, 0.15) is 12.3 Å². The van der Waals surface area contributed by atoms with Gasteiger partial charge in [0.15, 0.2) is 5.96 Å². The smallest absolute Gasteiger partial charge is 0.246 e. The van der Waals surface area contributed by atoms with Crippen molar-refractivity contribution in [1.82, 2.24) is 10.6 Å². The van der Waals surface area contributed by atoms with Crippen LogP contribution in [-0.4, -0.2) is 38.6 Å². The minimum absolute atomic E-state index is 0.0581. The van der Waals surface area contributed by atoms with E-state index in [-0.39, 0.29) is 12.5 Å². The van der Waals surface area contributed by atoms with Gasteiger partial charge in [-0.05, 0) is 49.6 Å². The monoisotopic (exact) mass is 368 g/mol. The molecule has 0 atom stereocenters. The molecule has 0 aromatic heterocycles. The summed E-state index contributed by atoms with van der Waals surface area (Å²) in [5.41, 5.74) is 3.07. The minimum atomic E-state index is -0.151. The number of nitrogens with one attached hydrogen (secondary N) is 3. The molecule has 0 saturated heterocycles. The Balaban J connectivity index is 1.85. The lowest BCUT2D eigenvalue weighted by atomic mass is 10.1. The van der Waals surface area contributed by atoms with E-state index in [4.69, 9.17) is 4.74 Å². The normalized spacial score (nSPS) is 11.0. The van der Waals surface area contributed by atoms with Crippen molar-refractivity contribution in [3.8, 4) is 5.75 Å². The van der Waals surface area contributed by atoms with Gasteiger partial charge in [-0.25, -0.2) is 4.99 Å². The number of methoxy groups -OCH3 is 1. The van der Waals surface area contributed by atoms with Gasteiger partial charge in [-0.15, -0.1) is 0 Å². The zero-order valence-corrected chi connectivity index (χ0v) is 16.2. The van der Waals surface area contributed by atoms with E-state index < -0.39 is 0 Å². The first kappa shape index (κ1) is 20.3. The third kappa shape index (κ3) is 7.01. The Bertz CT molecular complexity index is 760. The van der Waals surface area contributed by atoms with Crippen LogP contribution in [0.15, 0.2) is 53.5 Å². The number of ether oxygens (including phenoxy) is 1. The number of hydrogen-bond donors (Lipinski definition) is 3. The lowest BCUT2D eigenvalue weighted by Gasteiger charge is -2.12. The Labute approximate surface area is 161 Å². The number of carbonyl (C=O) groups is 1. The van der Waals surface area contributed by atoms with Crippen molar-refractivity contribution in [2.45, 2.75) is 20.3 Å². The number of aliphatic imine (C=N–C) groups is 1. The highest BCUT2D eigenvalue weighted by atomic mass is 16.5. The van der Waals surface area contributed by atoms with E-state index in [2.05, 4.69) is 33.1 Å². The summed E-state index contributed by atoms with van der Waals surface area (Å²) in [4.78, 5) is 16.4. The molecule has 0 saturated carbocycles. The Morgan fingerprint density at radius 2 is 1.89 bits per heavy atom. The van der Waals surface area contributed by atoms with Gasteiger partial charge >= 0.3 is 0 Å². The largest absolute Gasteiger partial charge is 0.496 e. The van der Waals surface area contributed by atoms with Gasteiger partial charge in [0.2, 0.25) is 5.91 Å². The first-order valence-electron chi connectivity index (χ1n) is 9.13. The molecule has 2 rings (SSSR count). The lowest BCUT2D eigenvalue weighted by Crippen LogP contribution is -2.39. The predicted octanol–water partition coefficient (Wildman–Crippen LogP) is 2.74. The van der Waals surface area contributed by atoms with Crippen LogP contribution < -0.4 is 20.7 Å². The summed E-state index contributed by atoms with van der Waals surface area (Å²) >= 11 is 0. The summed E-state index contributed by atoms with van der Waals surface area (Å²) < 4.78 is 5.36. The number of anilines is 1. The summed E-state index contributed by atoms with van der Waals surface area (Å²) in [6.45, 7) is 5.51. The highest BCUT2D eigenvalue weighted by Crippen LogP contribution is 2.18. The molecular weight excluding hydrogens is 340 g/mol. The van der Waals surface area contributed by atoms with Crippen molar-refractivity contribution >= 4 is 17.6 Å². The van der Waals surface area contributed by atoms with E-state index in [1.165, 1.54) is 5.56 Å². The maximum atomic E-state index is 12.0. The van der Waals surface area contributed by atoms with Gasteiger partial charge in [-0.1, -0.05) is 30.3 Å². The van der Waals surface area contributed by atoms with Gasteiger partial charge < -0.3 is 20.7 Å². The molecule has 0 spiro atoms. The van der Waals surface area contributed by atoms with E-state index in [1.807, 2.05) is 50.2 Å². The predicted molar refractivity (Wildman–Crippen MR) is 110 cm³/mol. The highest BCUT2D eigenvalue weighted by Gasteiger charge is 2.04. The average Bonchev–Trinajstić information content (AvgIpc) is 2.68. The van der Waals surface area contributed by atoms with Gasteiger partial charge in [-0.2, -0.15) is 0 Å². The highest BCUT2D eigenvalue weighted by molar-refractivity contribution is 5.94. The number of carbonyl (C=O) groups excluding carboxylic acids is 1. The molecule has 6 nitrogen and oxygen atoms in total. The fourth-order valence-electron chi connectivity index (χ4n) is 2.56. The summed E-state index contributed by atoms with van der Waals surface area (Å²) in [6, 6.07) is 15.6. The van der Waals surface area contributed by atoms with Crippen LogP contribution in [0.3, 0.4) is 0 Å². The zero-order valence-electron chi connectivity index (χ0n) is 16.2. The molecule has 3 N–H and O–H groups in total. The number of guanidine groups is 1. The second-order valence-corrected chi connectivity index (χ2v) is 6.09. The van der Waals surface area contributed by atoms with Crippen LogP contribution in [-0.2, 0) is 11.2 Å². The summed E-state index contributed by atoms with van der Waals surface area (Å²) in [7, 11) is 1.68. The Hall–Kier alpha value is -3.02. The fraction of sp³-hybridized carbons (Fsp3) is 0.333. The number of amides is 1. The number of rotatable bonds is 8. The first-order valence-corrected chi connectivity index (χ1v) is 9.13. The van der Waals surface area contributed by atoms with Crippen molar-refractivity contribution < 1.29 is 9.53 Å². The molecule has 27 heavy (non-hydrogen) atoms. The van der Waals surface area contributed by atoms with Crippen molar-refractivity contribution in [2.75, 3.05) is 32.1 Å². The SMILES string of the molecule is CCNC(=NCC(=O)Nc1ccccc1)NCCc1ccc(C)c(OC)c1. The molecule has 2 aromatic carbocycles. The van der Waals surface area contributed by atoms with E-state index in [1.54, 1.807) is 7.11 Å². The van der Waals surface area contributed by atoms with Crippen molar-refractivity contribution in [3.05, 3.63) is 59.7 Å². The van der Waals surface area contributed by atoms with Crippen LogP contribution in [0, 0.1) is 6.92 Å². The van der Waals surface area contributed by atoms with E-state index in [0.717, 1.165) is 30.0 Å². The molecule has 0 aliphatic carbocycles. The minimum Gasteiger partial charge on any atom is -0.496 e. The molecule has 0 bridgehead atoms. The molecule has 0 aliphatic rings. The molecule has 0 unspecified atom stereocenters. The Morgan fingerprint density at radius 1 is 1.11 bits per heavy atom. The third-order valence-corrected chi connectivity index (χ3v) is 3.96. The molecule has 0 aliphatic heterocycles. The van der Waals surface area contributed by atoms with Crippen molar-refractivity contribution in [1.29, 1.82) is 0 Å². The van der Waals surface area contributed by atoms with Gasteiger partial charge in [0.25, 0.3) is 0 Å². The summed E-state index contributed by atoms with van der Waals surface area (Å²) in [5, 5.41) is 9.24. The molecular formula is C21H28N4O2. The lowest BCUT2D eigenvalue weighted by molar-refractivity contribution is -0.114. The number of hydrogen-bond acceptors (Lipinski definition) is 3. The van der Waals surface area contributed by atoms with E-state index in [9.17, 15) is 4.79 Å². The molecule has 6 heteroatoms. The van der Waals surface area contributed by atoms with E-state index >= 15 is 0 Å². The first-order chi connectivity index (χ1) is 13.1. The maximum absolute atomic E-state index is 12.0. The molecule has 1 amide bonds. The van der Waals surface area contributed by atoms with Crippen molar-refractivity contribution in [3.63, 3.8) is 0 Å². The van der Waals surface area contributed by atoms with Gasteiger partial charge in [0, 0.05) is 18.8 Å². The molecule has 0 heterocycles. The number of aryl methyl sites for hydroxylation is 1. The van der Waals surface area contributed by atoms with Crippen LogP contribution in [0.1, 0.15) is 18.1 Å². The van der Waals surface area contributed by atoms with Crippen LogP contribution in [0.5, 0.6) is 5.75 Å². The molecule has 2 aromatic rings. The topological polar surface area (TPSA) is 74.8 Å². The Morgan fingerprint density at radius 3 is 2.59 bits per heavy atom. The second kappa shape index (κ2) is 10.9. The summed E-state index contributed by atoms with van der Waals surface area (Å²) in [6.07, 6.45) is 0.831. The Kier molecular flexibility index (Phi) is 8.16. The average molecular weight is 368 g/mol. The fourth-order valence-corrected chi connectivity index (χ4v) is 2.56. The number of nitrogens with zero attached hydrogens (tertiary/aromatic N) is 1. The maximum Gasteiger partial charge on any atom is 0.246 e. The quantitative estimate of drug-likeness (QED) is 0.495. The van der Waals surface area contributed by atoms with Crippen LogP contribution >= 0.6 is 0 Å².